The maximum atomic E-state index is 9.17. The summed E-state index contributed by atoms with van der Waals surface area (Å²) in [6, 6.07) is 11.3. The van der Waals surface area contributed by atoms with Crippen LogP contribution in [0.2, 0.25) is 5.02 Å². The van der Waals surface area contributed by atoms with Crippen LogP contribution in [0.5, 0.6) is 0 Å². The third-order valence-electron chi connectivity index (χ3n) is 2.20. The fourth-order valence-electron chi connectivity index (χ4n) is 1.49. The van der Waals surface area contributed by atoms with E-state index in [1.165, 1.54) is 0 Å². The van der Waals surface area contributed by atoms with Crippen molar-refractivity contribution in [1.82, 2.24) is 4.98 Å². The molecule has 1 N–H and O–H groups in total. The van der Waals surface area contributed by atoms with Crippen molar-refractivity contribution in [3.8, 4) is 11.1 Å². The topological polar surface area (TPSA) is 33.1 Å². The highest BCUT2D eigenvalue weighted by Gasteiger charge is 2.07. The molecular weight excluding hydrogens is 210 g/mol. The summed E-state index contributed by atoms with van der Waals surface area (Å²) in [4.78, 5) is 4.11. The van der Waals surface area contributed by atoms with E-state index in [1.54, 1.807) is 6.20 Å². The first-order valence-electron chi connectivity index (χ1n) is 4.62. The number of aliphatic hydroxyl groups excluding tert-OH is 1. The second-order valence-corrected chi connectivity index (χ2v) is 3.54. The first-order valence-corrected chi connectivity index (χ1v) is 5.00. The predicted molar refractivity (Wildman–Crippen MR) is 60.6 cm³/mol. The van der Waals surface area contributed by atoms with Gasteiger partial charge in [-0.2, -0.15) is 0 Å². The second kappa shape index (κ2) is 4.43. The molecule has 3 heteroatoms. The standard InChI is InChI=1S/C12H10ClNO/c13-11-6-2-1-4-9(11)10-5-3-7-14-12(10)8-15/h1-7,15H,8H2. The van der Waals surface area contributed by atoms with Gasteiger partial charge in [-0.1, -0.05) is 35.9 Å². The minimum Gasteiger partial charge on any atom is -0.390 e. The summed E-state index contributed by atoms with van der Waals surface area (Å²) in [5.74, 6) is 0. The zero-order valence-corrected chi connectivity index (χ0v) is 8.78. The van der Waals surface area contributed by atoms with E-state index in [-0.39, 0.29) is 6.61 Å². The Kier molecular flexibility index (Phi) is 2.99. The minimum absolute atomic E-state index is 0.0819. The molecule has 0 aliphatic heterocycles. The smallest absolute Gasteiger partial charge is 0.0859 e. The van der Waals surface area contributed by atoms with E-state index in [2.05, 4.69) is 4.98 Å². The van der Waals surface area contributed by atoms with Crippen molar-refractivity contribution in [1.29, 1.82) is 0 Å². The van der Waals surface area contributed by atoms with Gasteiger partial charge < -0.3 is 5.11 Å². The fraction of sp³-hybridized carbons (Fsp3) is 0.0833. The van der Waals surface area contributed by atoms with Crippen molar-refractivity contribution in [2.45, 2.75) is 6.61 Å². The number of hydrogen-bond acceptors (Lipinski definition) is 2. The molecule has 0 radical (unpaired) electrons. The average molecular weight is 220 g/mol. The molecule has 0 saturated carbocycles. The highest BCUT2D eigenvalue weighted by Crippen LogP contribution is 2.29. The van der Waals surface area contributed by atoms with Gasteiger partial charge in [0.15, 0.2) is 0 Å². The van der Waals surface area contributed by atoms with Gasteiger partial charge in [0.05, 0.1) is 12.3 Å². The van der Waals surface area contributed by atoms with Gasteiger partial charge in [-0.25, -0.2) is 0 Å². The maximum absolute atomic E-state index is 9.17. The molecule has 0 aliphatic rings. The Labute approximate surface area is 93.2 Å². The summed E-state index contributed by atoms with van der Waals surface area (Å²) < 4.78 is 0. The van der Waals surface area contributed by atoms with Crippen molar-refractivity contribution in [2.75, 3.05) is 0 Å². The summed E-state index contributed by atoms with van der Waals surface area (Å²) in [7, 11) is 0. The minimum atomic E-state index is -0.0819. The first-order chi connectivity index (χ1) is 7.33. The van der Waals surface area contributed by atoms with E-state index >= 15 is 0 Å². The van der Waals surface area contributed by atoms with Crippen LogP contribution in [-0.2, 0) is 6.61 Å². The van der Waals surface area contributed by atoms with Gasteiger partial charge in [-0.3, -0.25) is 4.98 Å². The van der Waals surface area contributed by atoms with Crippen LogP contribution >= 0.6 is 11.6 Å². The number of aromatic nitrogens is 1. The third-order valence-corrected chi connectivity index (χ3v) is 2.53. The number of halogens is 1. The molecule has 0 saturated heterocycles. The SMILES string of the molecule is OCc1ncccc1-c1ccccc1Cl. The van der Waals surface area contributed by atoms with Crippen molar-refractivity contribution in [2.24, 2.45) is 0 Å². The lowest BCUT2D eigenvalue weighted by Crippen LogP contribution is -1.93. The fourth-order valence-corrected chi connectivity index (χ4v) is 1.73. The van der Waals surface area contributed by atoms with Crippen LogP contribution in [0.1, 0.15) is 5.69 Å². The van der Waals surface area contributed by atoms with Crippen LogP contribution < -0.4 is 0 Å². The maximum Gasteiger partial charge on any atom is 0.0859 e. The molecule has 0 spiro atoms. The Bertz CT molecular complexity index is 471. The van der Waals surface area contributed by atoms with Crippen LogP contribution in [0.15, 0.2) is 42.6 Å². The summed E-state index contributed by atoms with van der Waals surface area (Å²) in [6.07, 6.45) is 1.66. The van der Waals surface area contributed by atoms with Crippen LogP contribution in [0.4, 0.5) is 0 Å². The highest BCUT2D eigenvalue weighted by atomic mass is 35.5. The molecular formula is C12H10ClNO. The molecule has 2 rings (SSSR count). The molecule has 2 nitrogen and oxygen atoms in total. The van der Waals surface area contributed by atoms with E-state index in [9.17, 15) is 0 Å². The molecule has 0 bridgehead atoms. The van der Waals surface area contributed by atoms with Gasteiger partial charge in [0.2, 0.25) is 0 Å². The van der Waals surface area contributed by atoms with E-state index in [4.69, 9.17) is 16.7 Å². The molecule has 0 unspecified atom stereocenters. The summed E-state index contributed by atoms with van der Waals surface area (Å²) >= 11 is 6.08. The van der Waals surface area contributed by atoms with E-state index in [0.29, 0.717) is 10.7 Å². The van der Waals surface area contributed by atoms with Crippen LogP contribution in [0.25, 0.3) is 11.1 Å². The van der Waals surface area contributed by atoms with Gasteiger partial charge >= 0.3 is 0 Å². The first kappa shape index (κ1) is 10.1. The van der Waals surface area contributed by atoms with Crippen molar-refractivity contribution >= 4 is 11.6 Å². The molecule has 1 heterocycles. The molecule has 1 aromatic heterocycles. The monoisotopic (exact) mass is 219 g/mol. The molecule has 0 atom stereocenters. The number of rotatable bonds is 2. The summed E-state index contributed by atoms with van der Waals surface area (Å²) in [5, 5.41) is 9.83. The number of nitrogens with zero attached hydrogens (tertiary/aromatic N) is 1. The largest absolute Gasteiger partial charge is 0.390 e. The quantitative estimate of drug-likeness (QED) is 0.843. The molecule has 15 heavy (non-hydrogen) atoms. The van der Waals surface area contributed by atoms with Gasteiger partial charge in [0, 0.05) is 22.3 Å². The molecule has 0 fully saturated rings. The number of pyridine rings is 1. The third kappa shape index (κ3) is 2.01. The molecule has 76 valence electrons. The Morgan fingerprint density at radius 3 is 2.53 bits per heavy atom. The number of benzene rings is 1. The Hall–Kier alpha value is -1.38. The van der Waals surface area contributed by atoms with Crippen LogP contribution in [-0.4, -0.2) is 10.1 Å². The molecule has 0 amide bonds. The van der Waals surface area contributed by atoms with E-state index in [1.807, 2.05) is 36.4 Å². The van der Waals surface area contributed by atoms with Gasteiger partial charge in [-0.15, -0.1) is 0 Å². The van der Waals surface area contributed by atoms with Crippen molar-refractivity contribution < 1.29 is 5.11 Å². The van der Waals surface area contributed by atoms with E-state index in [0.717, 1.165) is 11.1 Å². The number of hydrogen-bond donors (Lipinski definition) is 1. The highest BCUT2D eigenvalue weighted by molar-refractivity contribution is 6.33. The summed E-state index contributed by atoms with van der Waals surface area (Å²) in [6.45, 7) is -0.0819. The van der Waals surface area contributed by atoms with Crippen LogP contribution in [0.3, 0.4) is 0 Å². The van der Waals surface area contributed by atoms with E-state index < -0.39 is 0 Å². The average Bonchev–Trinajstić information content (AvgIpc) is 2.30. The lowest BCUT2D eigenvalue weighted by Gasteiger charge is -2.07. The lowest BCUT2D eigenvalue weighted by molar-refractivity contribution is 0.277. The second-order valence-electron chi connectivity index (χ2n) is 3.14. The molecule has 2 aromatic rings. The zero-order chi connectivity index (χ0) is 10.7. The number of aliphatic hydroxyl groups is 1. The van der Waals surface area contributed by atoms with Gasteiger partial charge in [-0.05, 0) is 12.1 Å². The Morgan fingerprint density at radius 2 is 1.80 bits per heavy atom. The molecule has 1 aromatic carbocycles. The van der Waals surface area contributed by atoms with Gasteiger partial charge in [0.25, 0.3) is 0 Å². The summed E-state index contributed by atoms with van der Waals surface area (Å²) in [5.41, 5.74) is 2.42. The lowest BCUT2D eigenvalue weighted by atomic mass is 10.0. The Morgan fingerprint density at radius 1 is 1.07 bits per heavy atom. The predicted octanol–water partition coefficient (Wildman–Crippen LogP) is 2.89. The zero-order valence-electron chi connectivity index (χ0n) is 8.02. The van der Waals surface area contributed by atoms with Crippen molar-refractivity contribution in [3.05, 3.63) is 53.3 Å². The van der Waals surface area contributed by atoms with Crippen LogP contribution in [0, 0.1) is 0 Å². The molecule has 0 aliphatic carbocycles. The Balaban J connectivity index is 2.59. The van der Waals surface area contributed by atoms with Gasteiger partial charge in [0.1, 0.15) is 0 Å². The normalized spacial score (nSPS) is 10.3. The van der Waals surface area contributed by atoms with Crippen molar-refractivity contribution in [3.63, 3.8) is 0 Å².